The fraction of sp³-hybridized carbons (Fsp3) is 0.444. The topological polar surface area (TPSA) is 88.3 Å². The second-order valence-electron chi connectivity index (χ2n) is 9.60. The number of carboxylic acid groups (broad SMARTS) is 1. The van der Waals surface area contributed by atoms with Gasteiger partial charge in [-0.1, -0.05) is 36.6 Å². The Balaban J connectivity index is 1.27. The molecule has 0 saturated heterocycles. The van der Waals surface area contributed by atoms with E-state index in [2.05, 4.69) is 39.7 Å². The lowest BCUT2D eigenvalue weighted by Gasteiger charge is -2.21. The van der Waals surface area contributed by atoms with Crippen LogP contribution in [0.4, 0.5) is 5.69 Å². The summed E-state index contributed by atoms with van der Waals surface area (Å²) < 4.78 is 5.57. The lowest BCUT2D eigenvalue weighted by atomic mass is 9.84. The highest BCUT2D eigenvalue weighted by Crippen LogP contribution is 2.34. The van der Waals surface area contributed by atoms with Gasteiger partial charge in [0.1, 0.15) is 0 Å². The quantitative estimate of drug-likeness (QED) is 0.455. The van der Waals surface area contributed by atoms with E-state index < -0.39 is 5.97 Å². The molecule has 3 aromatic rings. The van der Waals surface area contributed by atoms with E-state index in [0.717, 1.165) is 35.2 Å². The van der Waals surface area contributed by atoms with Crippen molar-refractivity contribution in [2.75, 3.05) is 5.32 Å². The fourth-order valence-electron chi connectivity index (χ4n) is 5.31. The third kappa shape index (κ3) is 4.80. The molecule has 33 heavy (non-hydrogen) atoms. The van der Waals surface area contributed by atoms with Crippen LogP contribution in [0.5, 0.6) is 0 Å². The van der Waals surface area contributed by atoms with Crippen LogP contribution in [-0.4, -0.2) is 27.3 Å². The van der Waals surface area contributed by atoms with Gasteiger partial charge in [0.25, 0.3) is 5.89 Å². The van der Waals surface area contributed by atoms with Crippen LogP contribution in [0, 0.1) is 12.8 Å². The summed E-state index contributed by atoms with van der Waals surface area (Å²) in [6.45, 7) is 2.04. The third-order valence-corrected chi connectivity index (χ3v) is 7.29. The molecule has 0 aliphatic heterocycles. The van der Waals surface area contributed by atoms with Gasteiger partial charge in [0, 0.05) is 22.9 Å². The molecule has 2 aliphatic rings. The van der Waals surface area contributed by atoms with Crippen molar-refractivity contribution in [3.8, 4) is 22.8 Å². The van der Waals surface area contributed by atoms with E-state index in [0.29, 0.717) is 24.1 Å². The van der Waals surface area contributed by atoms with Crippen LogP contribution in [0.25, 0.3) is 22.8 Å². The van der Waals surface area contributed by atoms with Crippen molar-refractivity contribution in [2.24, 2.45) is 5.92 Å². The van der Waals surface area contributed by atoms with Crippen LogP contribution in [0.3, 0.4) is 0 Å². The average Bonchev–Trinajstić information content (AvgIpc) is 3.52. The molecular weight excluding hydrogens is 414 g/mol. The molecule has 5 rings (SSSR count). The van der Waals surface area contributed by atoms with Crippen molar-refractivity contribution in [3.63, 3.8) is 0 Å². The highest BCUT2D eigenvalue weighted by atomic mass is 16.5. The number of hydrogen-bond donors (Lipinski definition) is 2. The second kappa shape index (κ2) is 9.38. The Hall–Kier alpha value is -3.15. The van der Waals surface area contributed by atoms with Gasteiger partial charge in [0.15, 0.2) is 0 Å². The minimum absolute atomic E-state index is 0.198. The van der Waals surface area contributed by atoms with Crippen molar-refractivity contribution < 1.29 is 14.4 Å². The van der Waals surface area contributed by atoms with Gasteiger partial charge in [-0.3, -0.25) is 4.79 Å². The normalized spacial score (nSPS) is 21.2. The lowest BCUT2D eigenvalue weighted by Crippen LogP contribution is -2.18. The van der Waals surface area contributed by atoms with E-state index in [1.165, 1.54) is 37.7 Å². The van der Waals surface area contributed by atoms with Gasteiger partial charge < -0.3 is 14.9 Å². The average molecular weight is 446 g/mol. The predicted octanol–water partition coefficient (Wildman–Crippen LogP) is 6.42. The highest BCUT2D eigenvalue weighted by Gasteiger charge is 2.29. The zero-order chi connectivity index (χ0) is 22.8. The zero-order valence-corrected chi connectivity index (χ0v) is 19.1. The number of benzene rings is 2. The summed E-state index contributed by atoms with van der Waals surface area (Å²) in [6, 6.07) is 14.8. The van der Waals surface area contributed by atoms with Crippen LogP contribution in [-0.2, 0) is 4.79 Å². The number of carbonyl (C=O) groups is 1. The number of aryl methyl sites for hydroxylation is 1. The smallest absolute Gasteiger partial charge is 0.306 e. The molecule has 0 unspecified atom stereocenters. The zero-order valence-electron chi connectivity index (χ0n) is 19.1. The van der Waals surface area contributed by atoms with Crippen molar-refractivity contribution >= 4 is 11.7 Å². The van der Waals surface area contributed by atoms with E-state index in [-0.39, 0.29) is 12.0 Å². The molecular formula is C27H31N3O3. The van der Waals surface area contributed by atoms with Gasteiger partial charge in [-0.2, -0.15) is 4.98 Å². The van der Waals surface area contributed by atoms with E-state index >= 15 is 0 Å². The van der Waals surface area contributed by atoms with Crippen molar-refractivity contribution in [3.05, 3.63) is 53.6 Å². The van der Waals surface area contributed by atoms with Gasteiger partial charge in [-0.25, -0.2) is 0 Å². The summed E-state index contributed by atoms with van der Waals surface area (Å²) >= 11 is 0. The molecule has 2 atom stereocenters. The van der Waals surface area contributed by atoms with Crippen molar-refractivity contribution in [1.82, 2.24) is 10.1 Å². The van der Waals surface area contributed by atoms with Crippen LogP contribution in [0.1, 0.15) is 68.4 Å². The summed E-state index contributed by atoms with van der Waals surface area (Å²) in [5, 5.41) is 16.9. The highest BCUT2D eigenvalue weighted by molar-refractivity contribution is 5.71. The number of carboxylic acids is 1. The lowest BCUT2D eigenvalue weighted by molar-refractivity contribution is -0.141. The first kappa shape index (κ1) is 21.7. The minimum atomic E-state index is -0.692. The Kier molecular flexibility index (Phi) is 6.16. The number of nitrogens with one attached hydrogen (secondary N) is 1. The van der Waals surface area contributed by atoms with Crippen LogP contribution < -0.4 is 5.32 Å². The second-order valence-corrected chi connectivity index (χ2v) is 9.60. The largest absolute Gasteiger partial charge is 0.481 e. The summed E-state index contributed by atoms with van der Waals surface area (Å²) in [7, 11) is 0. The number of anilines is 1. The molecule has 0 bridgehead atoms. The molecule has 2 N–H and O–H groups in total. The monoisotopic (exact) mass is 445 g/mol. The SMILES string of the molecule is Cc1cc(-c2noc(-c3ccc(C4CCCCC4)cc3)n2)ccc1N[C@H]1CC[C@@H](C(=O)O)C1. The first-order valence-electron chi connectivity index (χ1n) is 12.1. The number of rotatable bonds is 6. The maximum Gasteiger partial charge on any atom is 0.306 e. The Bertz CT molecular complexity index is 1120. The standard InChI is InChI=1S/C27H31N3O3/c1-17-15-21(12-14-24(17)28-23-13-11-22(16-23)27(31)32)25-29-26(33-30-25)20-9-7-19(8-10-20)18-5-3-2-4-6-18/h7-10,12,14-15,18,22-23,28H,2-6,11,13,16H2,1H3,(H,31,32)/t22-,23+/m1/s1. The van der Waals surface area contributed by atoms with E-state index in [1.54, 1.807) is 0 Å². The molecule has 172 valence electrons. The number of aliphatic carboxylic acids is 1. The molecule has 6 nitrogen and oxygen atoms in total. The summed E-state index contributed by atoms with van der Waals surface area (Å²) in [5.74, 6) is 0.855. The molecule has 1 aromatic heterocycles. The summed E-state index contributed by atoms with van der Waals surface area (Å²) in [6.07, 6.45) is 8.88. The molecule has 1 heterocycles. The summed E-state index contributed by atoms with van der Waals surface area (Å²) in [5.41, 5.74) is 5.36. The van der Waals surface area contributed by atoms with Crippen LogP contribution in [0.15, 0.2) is 47.0 Å². The maximum atomic E-state index is 11.2. The van der Waals surface area contributed by atoms with Crippen LogP contribution in [0.2, 0.25) is 0 Å². The van der Waals surface area contributed by atoms with Crippen LogP contribution >= 0.6 is 0 Å². The molecule has 2 aliphatic carbocycles. The fourth-order valence-corrected chi connectivity index (χ4v) is 5.31. The first-order chi connectivity index (χ1) is 16.1. The number of hydrogen-bond acceptors (Lipinski definition) is 5. The Morgan fingerprint density at radius 3 is 2.45 bits per heavy atom. The van der Waals surface area contributed by atoms with E-state index in [4.69, 9.17) is 4.52 Å². The van der Waals surface area contributed by atoms with E-state index in [1.807, 2.05) is 25.1 Å². The molecule has 0 amide bonds. The number of nitrogens with zero attached hydrogens (tertiary/aromatic N) is 2. The number of aromatic nitrogens is 2. The van der Waals surface area contributed by atoms with Gasteiger partial charge in [0.05, 0.1) is 5.92 Å². The Morgan fingerprint density at radius 1 is 1.00 bits per heavy atom. The van der Waals surface area contributed by atoms with Crippen molar-refractivity contribution in [2.45, 2.75) is 70.3 Å². The molecule has 2 saturated carbocycles. The maximum absolute atomic E-state index is 11.2. The third-order valence-electron chi connectivity index (χ3n) is 7.29. The van der Waals surface area contributed by atoms with Gasteiger partial charge in [-0.15, -0.1) is 0 Å². The Labute approximate surface area is 194 Å². The van der Waals surface area contributed by atoms with Crippen molar-refractivity contribution in [1.29, 1.82) is 0 Å². The molecule has 6 heteroatoms. The first-order valence-corrected chi connectivity index (χ1v) is 12.1. The molecule has 0 radical (unpaired) electrons. The molecule has 0 spiro atoms. The van der Waals surface area contributed by atoms with Gasteiger partial charge in [0.2, 0.25) is 5.82 Å². The van der Waals surface area contributed by atoms with Gasteiger partial charge >= 0.3 is 5.97 Å². The Morgan fingerprint density at radius 2 is 1.76 bits per heavy atom. The van der Waals surface area contributed by atoms with Gasteiger partial charge in [-0.05, 0) is 86.4 Å². The van der Waals surface area contributed by atoms with E-state index in [9.17, 15) is 9.90 Å². The minimum Gasteiger partial charge on any atom is -0.481 e. The molecule has 2 fully saturated rings. The predicted molar refractivity (Wildman–Crippen MR) is 128 cm³/mol. The summed E-state index contributed by atoms with van der Waals surface area (Å²) in [4.78, 5) is 15.8. The molecule has 2 aromatic carbocycles.